The second kappa shape index (κ2) is 9.74. The number of benzene rings is 3. The average Bonchev–Trinajstić information content (AvgIpc) is 2.90. The fourth-order valence-corrected chi connectivity index (χ4v) is 4.60. The van der Waals surface area contributed by atoms with Gasteiger partial charge in [0, 0.05) is 31.7 Å². The lowest BCUT2D eigenvalue weighted by Crippen LogP contribution is -2.48. The van der Waals surface area contributed by atoms with Gasteiger partial charge >= 0.3 is 0 Å². The van der Waals surface area contributed by atoms with Crippen LogP contribution in [0.2, 0.25) is 0 Å². The van der Waals surface area contributed by atoms with Crippen molar-refractivity contribution in [2.24, 2.45) is 0 Å². The Kier molecular flexibility index (Phi) is 6.19. The highest BCUT2D eigenvalue weighted by Crippen LogP contribution is 2.30. The van der Waals surface area contributed by atoms with Crippen LogP contribution in [0, 0.1) is 11.3 Å². The van der Waals surface area contributed by atoms with Crippen molar-refractivity contribution in [2.75, 3.05) is 31.1 Å². The topological polar surface area (TPSA) is 76.0 Å². The van der Waals surface area contributed by atoms with E-state index in [-0.39, 0.29) is 11.6 Å². The molecular weight excluding hydrogens is 422 g/mol. The molecule has 34 heavy (non-hydrogen) atoms. The molecule has 0 atom stereocenters. The summed E-state index contributed by atoms with van der Waals surface area (Å²) in [5.41, 5.74) is 3.35. The van der Waals surface area contributed by atoms with E-state index in [1.807, 2.05) is 48.5 Å². The summed E-state index contributed by atoms with van der Waals surface area (Å²) in [6, 6.07) is 32.7. The fraction of sp³-hybridized carbons (Fsp3) is 0.179. The lowest BCUT2D eigenvalue weighted by Gasteiger charge is -2.40. The van der Waals surface area contributed by atoms with Gasteiger partial charge in [0.2, 0.25) is 5.95 Å². The van der Waals surface area contributed by atoms with Crippen molar-refractivity contribution in [1.82, 2.24) is 14.9 Å². The molecule has 0 unspecified atom stereocenters. The van der Waals surface area contributed by atoms with Crippen LogP contribution in [0.5, 0.6) is 0 Å². The van der Waals surface area contributed by atoms with Gasteiger partial charge in [0.05, 0.1) is 11.7 Å². The Bertz CT molecular complexity index is 1300. The van der Waals surface area contributed by atoms with Crippen LogP contribution < -0.4 is 10.5 Å². The summed E-state index contributed by atoms with van der Waals surface area (Å²) >= 11 is 0. The molecule has 0 radical (unpaired) electrons. The first kappa shape index (κ1) is 21.6. The molecule has 1 fully saturated rings. The SMILES string of the molecule is N#Cc1c(-c2ccccc2)nc(N2CCN(C(c3ccccc3)c3ccccc3)CC2)[nH]c1=O. The molecule has 0 amide bonds. The Morgan fingerprint density at radius 3 is 1.85 bits per heavy atom. The molecule has 1 aliphatic heterocycles. The molecule has 1 aromatic heterocycles. The third-order valence-electron chi connectivity index (χ3n) is 6.28. The first-order valence-electron chi connectivity index (χ1n) is 11.4. The standard InChI is InChI=1S/C28H25N5O/c29-20-24-25(21-10-4-1-5-11-21)30-28(31-27(24)34)33-18-16-32(17-19-33)26(22-12-6-2-7-13-22)23-14-8-3-9-15-23/h1-15,26H,16-19H2,(H,30,31,34). The molecule has 6 nitrogen and oxygen atoms in total. The molecule has 0 bridgehead atoms. The number of aromatic amines is 1. The molecule has 168 valence electrons. The van der Waals surface area contributed by atoms with Crippen LogP contribution in [-0.2, 0) is 0 Å². The van der Waals surface area contributed by atoms with E-state index >= 15 is 0 Å². The van der Waals surface area contributed by atoms with Gasteiger partial charge in [0.1, 0.15) is 11.6 Å². The number of rotatable bonds is 5. The number of piperazine rings is 1. The first-order valence-corrected chi connectivity index (χ1v) is 11.4. The third-order valence-corrected chi connectivity index (χ3v) is 6.28. The molecule has 1 N–H and O–H groups in total. The maximum atomic E-state index is 12.7. The van der Waals surface area contributed by atoms with Crippen molar-refractivity contribution >= 4 is 5.95 Å². The number of hydrogen-bond donors (Lipinski definition) is 1. The van der Waals surface area contributed by atoms with Gasteiger partial charge in [0.15, 0.2) is 0 Å². The van der Waals surface area contributed by atoms with Crippen LogP contribution in [0.1, 0.15) is 22.7 Å². The maximum Gasteiger partial charge on any atom is 0.270 e. The second-order valence-corrected chi connectivity index (χ2v) is 8.34. The van der Waals surface area contributed by atoms with Gasteiger partial charge in [-0.05, 0) is 11.1 Å². The number of hydrogen-bond acceptors (Lipinski definition) is 5. The van der Waals surface area contributed by atoms with Crippen LogP contribution >= 0.6 is 0 Å². The van der Waals surface area contributed by atoms with Gasteiger partial charge in [-0.2, -0.15) is 5.26 Å². The quantitative estimate of drug-likeness (QED) is 0.496. The minimum atomic E-state index is -0.403. The third kappa shape index (κ3) is 4.34. The second-order valence-electron chi connectivity index (χ2n) is 8.34. The highest BCUT2D eigenvalue weighted by atomic mass is 16.1. The van der Waals surface area contributed by atoms with E-state index in [1.54, 1.807) is 0 Å². The van der Waals surface area contributed by atoms with E-state index in [4.69, 9.17) is 4.98 Å². The highest BCUT2D eigenvalue weighted by molar-refractivity contribution is 5.67. The van der Waals surface area contributed by atoms with Crippen LogP contribution in [0.15, 0.2) is 95.8 Å². The highest BCUT2D eigenvalue weighted by Gasteiger charge is 2.27. The van der Waals surface area contributed by atoms with Crippen LogP contribution in [0.25, 0.3) is 11.3 Å². The van der Waals surface area contributed by atoms with Gasteiger partial charge in [0.25, 0.3) is 5.56 Å². The molecule has 5 rings (SSSR count). The van der Waals surface area contributed by atoms with Gasteiger partial charge in [-0.3, -0.25) is 14.7 Å². The predicted molar refractivity (Wildman–Crippen MR) is 134 cm³/mol. The minimum absolute atomic E-state index is 0.0433. The number of nitrogens with zero attached hydrogens (tertiary/aromatic N) is 4. The summed E-state index contributed by atoms with van der Waals surface area (Å²) in [7, 11) is 0. The van der Waals surface area contributed by atoms with Crippen molar-refractivity contribution in [2.45, 2.75) is 6.04 Å². The van der Waals surface area contributed by atoms with Gasteiger partial charge in [-0.1, -0.05) is 91.0 Å². The molecule has 0 aliphatic carbocycles. The molecule has 1 saturated heterocycles. The molecule has 2 heterocycles. The van der Waals surface area contributed by atoms with Crippen LogP contribution in [-0.4, -0.2) is 41.0 Å². The molecule has 3 aromatic carbocycles. The van der Waals surface area contributed by atoms with E-state index in [2.05, 4.69) is 63.3 Å². The number of aromatic nitrogens is 2. The van der Waals surface area contributed by atoms with E-state index in [0.717, 1.165) is 31.7 Å². The molecule has 1 aliphatic rings. The number of H-pyrrole nitrogens is 1. The summed E-state index contributed by atoms with van der Waals surface area (Å²) in [6.45, 7) is 3.08. The summed E-state index contributed by atoms with van der Waals surface area (Å²) < 4.78 is 0. The first-order chi connectivity index (χ1) is 16.7. The Balaban J connectivity index is 1.41. The van der Waals surface area contributed by atoms with Crippen molar-refractivity contribution in [3.8, 4) is 17.3 Å². The normalized spacial score (nSPS) is 14.2. The maximum absolute atomic E-state index is 12.7. The van der Waals surface area contributed by atoms with E-state index < -0.39 is 5.56 Å². The number of anilines is 1. The summed E-state index contributed by atoms with van der Waals surface area (Å²) in [4.78, 5) is 24.8. The van der Waals surface area contributed by atoms with Gasteiger partial charge < -0.3 is 4.90 Å². The summed E-state index contributed by atoms with van der Waals surface area (Å²) in [6.07, 6.45) is 0. The van der Waals surface area contributed by atoms with Crippen molar-refractivity contribution in [1.29, 1.82) is 5.26 Å². The lowest BCUT2D eigenvalue weighted by atomic mass is 9.96. The molecule has 0 spiro atoms. The Labute approximate surface area is 198 Å². The van der Waals surface area contributed by atoms with Gasteiger partial charge in [-0.25, -0.2) is 4.98 Å². The van der Waals surface area contributed by atoms with E-state index in [9.17, 15) is 10.1 Å². The number of nitrogens with one attached hydrogen (secondary N) is 1. The van der Waals surface area contributed by atoms with Crippen LogP contribution in [0.3, 0.4) is 0 Å². The van der Waals surface area contributed by atoms with E-state index in [1.165, 1.54) is 11.1 Å². The Morgan fingerprint density at radius 2 is 1.32 bits per heavy atom. The van der Waals surface area contributed by atoms with Crippen molar-refractivity contribution < 1.29 is 0 Å². The monoisotopic (exact) mass is 447 g/mol. The Morgan fingerprint density at radius 1 is 0.794 bits per heavy atom. The average molecular weight is 448 g/mol. The van der Waals surface area contributed by atoms with Crippen molar-refractivity contribution in [3.05, 3.63) is 118 Å². The summed E-state index contributed by atoms with van der Waals surface area (Å²) in [5, 5.41) is 9.54. The molecule has 4 aromatic rings. The Hall–Kier alpha value is -4.21. The molecule has 0 saturated carbocycles. The smallest absolute Gasteiger partial charge is 0.270 e. The fourth-order valence-electron chi connectivity index (χ4n) is 4.60. The molecular formula is C28H25N5O. The zero-order valence-electron chi connectivity index (χ0n) is 18.8. The summed E-state index contributed by atoms with van der Waals surface area (Å²) in [5.74, 6) is 0.512. The van der Waals surface area contributed by atoms with Crippen LogP contribution in [0.4, 0.5) is 5.95 Å². The van der Waals surface area contributed by atoms with Gasteiger partial charge in [-0.15, -0.1) is 0 Å². The van der Waals surface area contributed by atoms with E-state index in [0.29, 0.717) is 11.6 Å². The van der Waals surface area contributed by atoms with Crippen molar-refractivity contribution in [3.63, 3.8) is 0 Å². The largest absolute Gasteiger partial charge is 0.340 e. The zero-order valence-corrected chi connectivity index (χ0v) is 18.8. The predicted octanol–water partition coefficient (Wildman–Crippen LogP) is 4.22. The lowest BCUT2D eigenvalue weighted by molar-refractivity contribution is 0.211. The minimum Gasteiger partial charge on any atom is -0.340 e. The number of nitriles is 1. The zero-order chi connectivity index (χ0) is 23.3. The molecule has 6 heteroatoms.